The van der Waals surface area contributed by atoms with Crippen molar-refractivity contribution in [3.63, 3.8) is 0 Å². The molecule has 0 atom stereocenters. The molecule has 3 heterocycles. The molecule has 0 aliphatic rings. The molecule has 178 valence electrons. The van der Waals surface area contributed by atoms with Crippen molar-refractivity contribution in [2.45, 2.75) is 6.54 Å². The second kappa shape index (κ2) is 8.40. The van der Waals surface area contributed by atoms with E-state index >= 15 is 0 Å². The quantitative estimate of drug-likeness (QED) is 0.372. The zero-order chi connectivity index (χ0) is 24.9. The Morgan fingerprint density at radius 1 is 1.20 bits per heavy atom. The molecule has 1 amide bonds. The van der Waals surface area contributed by atoms with E-state index in [9.17, 15) is 26.8 Å². The summed E-state index contributed by atoms with van der Waals surface area (Å²) in [5.74, 6) is -2.42. The fourth-order valence-electron chi connectivity index (χ4n) is 4.10. The molecule has 0 fully saturated rings. The summed E-state index contributed by atoms with van der Waals surface area (Å²) in [6.07, 6.45) is 2.24. The number of H-pyrrole nitrogens is 1. The van der Waals surface area contributed by atoms with Crippen molar-refractivity contribution in [1.29, 1.82) is 0 Å². The summed E-state index contributed by atoms with van der Waals surface area (Å²) in [5, 5.41) is 0.413. The number of fused-ring (bicyclic) bond motifs is 3. The minimum absolute atomic E-state index is 0.0674. The molecule has 12 heteroatoms. The van der Waals surface area contributed by atoms with Gasteiger partial charge in [0.1, 0.15) is 17.3 Å². The molecule has 0 spiro atoms. The van der Waals surface area contributed by atoms with Crippen LogP contribution in [0.3, 0.4) is 0 Å². The van der Waals surface area contributed by atoms with E-state index in [0.29, 0.717) is 16.4 Å². The van der Waals surface area contributed by atoms with Gasteiger partial charge in [0.15, 0.2) is 0 Å². The van der Waals surface area contributed by atoms with Gasteiger partial charge in [0, 0.05) is 22.7 Å². The molecule has 0 saturated carbocycles. The first-order valence-corrected chi connectivity index (χ1v) is 12.9. The van der Waals surface area contributed by atoms with Gasteiger partial charge in [-0.25, -0.2) is 26.9 Å². The molecule has 0 saturated heterocycles. The zero-order valence-corrected chi connectivity index (χ0v) is 19.6. The number of rotatable bonds is 5. The van der Waals surface area contributed by atoms with Crippen molar-refractivity contribution in [3.05, 3.63) is 87.4 Å². The van der Waals surface area contributed by atoms with Crippen LogP contribution in [0.25, 0.3) is 32.2 Å². The van der Waals surface area contributed by atoms with Crippen LogP contribution in [0.1, 0.15) is 16.1 Å². The van der Waals surface area contributed by atoms with Crippen molar-refractivity contribution in [2.24, 2.45) is 0 Å². The second-order valence-corrected chi connectivity index (χ2v) is 10.5. The summed E-state index contributed by atoms with van der Waals surface area (Å²) < 4.78 is 56.5. The van der Waals surface area contributed by atoms with Gasteiger partial charge in [-0.3, -0.25) is 9.59 Å². The first kappa shape index (κ1) is 22.9. The van der Waals surface area contributed by atoms with Crippen LogP contribution in [0, 0.1) is 11.6 Å². The molecule has 3 aromatic heterocycles. The predicted molar refractivity (Wildman–Crippen MR) is 129 cm³/mol. The molecule has 5 rings (SSSR count). The highest BCUT2D eigenvalue weighted by Crippen LogP contribution is 2.39. The highest BCUT2D eigenvalue weighted by molar-refractivity contribution is 7.89. The third-order valence-electron chi connectivity index (χ3n) is 5.44. The van der Waals surface area contributed by atoms with Gasteiger partial charge in [-0.15, -0.1) is 11.3 Å². The SMILES string of the molecule is CS(=O)(=O)NC(=O)c1c(-c2ccc[nH]c2=O)c2c3ncsc3ccc2n1Cc1cc(F)ccc1F. The molecule has 0 unspecified atom stereocenters. The highest BCUT2D eigenvalue weighted by atomic mass is 32.2. The molecule has 0 aliphatic heterocycles. The zero-order valence-electron chi connectivity index (χ0n) is 18.0. The number of benzene rings is 2. The number of sulfonamides is 1. The third-order valence-corrected chi connectivity index (χ3v) is 6.80. The van der Waals surface area contributed by atoms with Crippen LogP contribution in [-0.2, 0) is 16.6 Å². The van der Waals surface area contributed by atoms with Gasteiger partial charge in [-0.05, 0) is 42.5 Å². The number of carbonyl (C=O) groups excluding carboxylic acids is 1. The van der Waals surface area contributed by atoms with Crippen LogP contribution >= 0.6 is 11.3 Å². The Kier molecular flexibility index (Phi) is 5.49. The van der Waals surface area contributed by atoms with Crippen molar-refractivity contribution in [3.8, 4) is 11.1 Å². The summed E-state index contributed by atoms with van der Waals surface area (Å²) in [6.45, 7) is -0.313. The van der Waals surface area contributed by atoms with Crippen molar-refractivity contribution in [2.75, 3.05) is 6.26 Å². The standard InChI is InChI=1S/C23H16F2N4O4S2/c1-35(32,33)28-23(31)21-18(14-3-2-8-26-22(14)30)19-16(6-7-17-20(19)27-11-34-17)29(21)10-12-9-13(24)4-5-15(12)25/h2-9,11H,10H2,1H3,(H,26,30)(H,28,31). The molecular weight excluding hydrogens is 498 g/mol. The van der Waals surface area contributed by atoms with Crippen LogP contribution in [-0.4, -0.2) is 35.1 Å². The summed E-state index contributed by atoms with van der Waals surface area (Å²) in [6, 6.07) is 9.41. The molecule has 5 aromatic rings. The molecule has 2 N–H and O–H groups in total. The Bertz CT molecular complexity index is 1810. The van der Waals surface area contributed by atoms with E-state index in [1.54, 1.807) is 23.7 Å². The lowest BCUT2D eigenvalue weighted by Gasteiger charge is -2.13. The minimum atomic E-state index is -4.00. The lowest BCUT2D eigenvalue weighted by Crippen LogP contribution is -2.32. The first-order chi connectivity index (χ1) is 16.6. The van der Waals surface area contributed by atoms with Crippen LogP contribution in [0.5, 0.6) is 0 Å². The van der Waals surface area contributed by atoms with Crippen LogP contribution in [0.15, 0.2) is 59.0 Å². The summed E-state index contributed by atoms with van der Waals surface area (Å²) in [5.41, 5.74) is 1.91. The minimum Gasteiger partial charge on any atom is -0.331 e. The number of hydrogen-bond acceptors (Lipinski definition) is 6. The number of halogens is 2. The Hall–Kier alpha value is -3.90. The normalized spacial score (nSPS) is 11.9. The topological polar surface area (TPSA) is 114 Å². The maximum Gasteiger partial charge on any atom is 0.282 e. The lowest BCUT2D eigenvalue weighted by atomic mass is 10.0. The first-order valence-electron chi connectivity index (χ1n) is 10.2. The number of aromatic nitrogens is 3. The Morgan fingerprint density at radius 3 is 2.74 bits per heavy atom. The molecule has 0 radical (unpaired) electrons. The number of thiazole rings is 1. The van der Waals surface area contributed by atoms with Crippen LogP contribution in [0.4, 0.5) is 8.78 Å². The van der Waals surface area contributed by atoms with E-state index in [0.717, 1.165) is 29.2 Å². The number of amides is 1. The van der Waals surface area contributed by atoms with Crippen LogP contribution in [0.2, 0.25) is 0 Å². The maximum absolute atomic E-state index is 14.6. The highest BCUT2D eigenvalue weighted by Gasteiger charge is 2.29. The number of aromatic amines is 1. The van der Waals surface area contributed by atoms with E-state index in [4.69, 9.17) is 0 Å². The molecule has 8 nitrogen and oxygen atoms in total. The average Bonchev–Trinajstić information content (AvgIpc) is 3.38. The monoisotopic (exact) mass is 514 g/mol. The molecule has 35 heavy (non-hydrogen) atoms. The van der Waals surface area contributed by atoms with Crippen LogP contribution < -0.4 is 10.3 Å². The van der Waals surface area contributed by atoms with E-state index in [1.165, 1.54) is 28.2 Å². The number of hydrogen-bond donors (Lipinski definition) is 2. The second-order valence-electron chi connectivity index (χ2n) is 7.82. The molecular formula is C23H16F2N4O4S2. The van der Waals surface area contributed by atoms with Gasteiger partial charge in [0.25, 0.3) is 11.5 Å². The van der Waals surface area contributed by atoms with Crippen molar-refractivity contribution >= 4 is 48.4 Å². The summed E-state index contributed by atoms with van der Waals surface area (Å²) in [7, 11) is -4.00. The largest absolute Gasteiger partial charge is 0.331 e. The van der Waals surface area contributed by atoms with Crippen molar-refractivity contribution in [1.82, 2.24) is 19.3 Å². The molecule has 0 aliphatic carbocycles. The molecule has 2 aromatic carbocycles. The van der Waals surface area contributed by atoms with E-state index in [-0.39, 0.29) is 28.9 Å². The summed E-state index contributed by atoms with van der Waals surface area (Å²) >= 11 is 1.34. The number of pyridine rings is 1. The smallest absolute Gasteiger partial charge is 0.282 e. The van der Waals surface area contributed by atoms with Gasteiger partial charge in [-0.1, -0.05) is 0 Å². The number of carbonyl (C=O) groups is 1. The van der Waals surface area contributed by atoms with E-state index in [1.807, 2.05) is 4.72 Å². The van der Waals surface area contributed by atoms with Gasteiger partial charge in [-0.2, -0.15) is 0 Å². The Morgan fingerprint density at radius 2 is 2.00 bits per heavy atom. The van der Waals surface area contributed by atoms with Gasteiger partial charge in [0.2, 0.25) is 10.0 Å². The average molecular weight is 515 g/mol. The van der Waals surface area contributed by atoms with Crippen molar-refractivity contribution < 1.29 is 22.0 Å². The fraction of sp³-hybridized carbons (Fsp3) is 0.0870. The number of nitrogens with one attached hydrogen (secondary N) is 2. The van der Waals surface area contributed by atoms with E-state index in [2.05, 4.69) is 9.97 Å². The maximum atomic E-state index is 14.6. The summed E-state index contributed by atoms with van der Waals surface area (Å²) in [4.78, 5) is 33.1. The Balaban J connectivity index is 1.93. The van der Waals surface area contributed by atoms with Gasteiger partial charge >= 0.3 is 0 Å². The van der Waals surface area contributed by atoms with E-state index < -0.39 is 33.1 Å². The molecule has 0 bridgehead atoms. The lowest BCUT2D eigenvalue weighted by molar-refractivity contribution is 0.0974. The fourth-order valence-corrected chi connectivity index (χ4v) is 5.22. The van der Waals surface area contributed by atoms with Gasteiger partial charge < -0.3 is 9.55 Å². The predicted octanol–water partition coefficient (Wildman–Crippen LogP) is 3.62. The Labute approximate surface area is 200 Å². The number of nitrogens with zero attached hydrogens (tertiary/aromatic N) is 2. The van der Waals surface area contributed by atoms with Gasteiger partial charge in [0.05, 0.1) is 39.6 Å². The third kappa shape index (κ3) is 4.10.